The number of hydrogen-bond donors (Lipinski definition) is 2. The van der Waals surface area contributed by atoms with E-state index in [2.05, 4.69) is 14.7 Å². The van der Waals surface area contributed by atoms with Gasteiger partial charge >= 0.3 is 0 Å². The highest BCUT2D eigenvalue weighted by Gasteiger charge is 2.14. The lowest BCUT2D eigenvalue weighted by Crippen LogP contribution is -2.24. The minimum Gasteiger partial charge on any atom is -0.486 e. The maximum absolute atomic E-state index is 12.2. The van der Waals surface area contributed by atoms with E-state index in [4.69, 9.17) is 4.74 Å². The Morgan fingerprint density at radius 3 is 2.76 bits per heavy atom. The summed E-state index contributed by atoms with van der Waals surface area (Å²) in [5, 5.41) is 0. The minimum atomic E-state index is -3.51. The highest BCUT2D eigenvalue weighted by molar-refractivity contribution is 7.89. The molecule has 0 aliphatic rings. The van der Waals surface area contributed by atoms with E-state index in [0.29, 0.717) is 18.1 Å². The van der Waals surface area contributed by atoms with Crippen LogP contribution in [0.25, 0.3) is 11.0 Å². The molecule has 0 saturated heterocycles. The Hall–Kier alpha value is -2.38. The zero-order valence-corrected chi connectivity index (χ0v) is 15.1. The van der Waals surface area contributed by atoms with Crippen molar-refractivity contribution in [2.45, 2.75) is 31.8 Å². The molecule has 6 nitrogen and oxygen atoms in total. The molecule has 3 rings (SSSR count). The Balaban J connectivity index is 1.74. The lowest BCUT2D eigenvalue weighted by molar-refractivity contribution is 0.296. The molecule has 2 aromatic carbocycles. The van der Waals surface area contributed by atoms with Crippen LogP contribution >= 0.6 is 0 Å². The van der Waals surface area contributed by atoms with Gasteiger partial charge in [-0.2, -0.15) is 0 Å². The van der Waals surface area contributed by atoms with Crippen molar-refractivity contribution in [3.05, 3.63) is 53.9 Å². The minimum absolute atomic E-state index is 0.193. The van der Waals surface area contributed by atoms with Crippen molar-refractivity contribution >= 4 is 21.1 Å². The highest BCUT2D eigenvalue weighted by atomic mass is 32.2. The summed E-state index contributed by atoms with van der Waals surface area (Å²) in [6.07, 6.45) is 0.737. The molecule has 1 heterocycles. The van der Waals surface area contributed by atoms with Gasteiger partial charge in [-0.05, 0) is 37.1 Å². The lowest BCUT2D eigenvalue weighted by atomic mass is 10.2. The molecule has 0 radical (unpaired) electrons. The fraction of sp³-hybridized carbons (Fsp3) is 0.278. The Morgan fingerprint density at radius 2 is 2.00 bits per heavy atom. The molecule has 0 amide bonds. The van der Waals surface area contributed by atoms with Crippen molar-refractivity contribution in [3.8, 4) is 5.75 Å². The van der Waals surface area contributed by atoms with Crippen LogP contribution in [0.4, 0.5) is 0 Å². The molecule has 0 bridgehead atoms. The molecule has 2 N–H and O–H groups in total. The van der Waals surface area contributed by atoms with Crippen LogP contribution in [0.1, 0.15) is 24.7 Å². The van der Waals surface area contributed by atoms with Gasteiger partial charge in [0.05, 0.1) is 15.9 Å². The van der Waals surface area contributed by atoms with Gasteiger partial charge in [-0.15, -0.1) is 0 Å². The van der Waals surface area contributed by atoms with Gasteiger partial charge in [-0.1, -0.05) is 25.1 Å². The number of para-hydroxylation sites is 1. The van der Waals surface area contributed by atoms with Crippen molar-refractivity contribution in [2.24, 2.45) is 0 Å². The van der Waals surface area contributed by atoms with Gasteiger partial charge in [-0.25, -0.2) is 18.1 Å². The maximum Gasteiger partial charge on any atom is 0.240 e. The number of nitrogens with zero attached hydrogens (tertiary/aromatic N) is 1. The van der Waals surface area contributed by atoms with Gasteiger partial charge in [0.1, 0.15) is 18.2 Å². The molecule has 132 valence electrons. The number of H-pyrrole nitrogens is 1. The topological polar surface area (TPSA) is 84.1 Å². The summed E-state index contributed by atoms with van der Waals surface area (Å²) in [7, 11) is -3.51. The van der Waals surface area contributed by atoms with E-state index in [9.17, 15) is 8.42 Å². The van der Waals surface area contributed by atoms with E-state index in [-0.39, 0.29) is 11.5 Å². The van der Waals surface area contributed by atoms with E-state index in [1.54, 1.807) is 18.2 Å². The summed E-state index contributed by atoms with van der Waals surface area (Å²) in [6.45, 7) is 4.56. The second-order valence-corrected chi connectivity index (χ2v) is 7.58. The Kier molecular flexibility index (Phi) is 5.06. The zero-order chi connectivity index (χ0) is 17.9. The number of aromatic amines is 1. The van der Waals surface area contributed by atoms with Gasteiger partial charge < -0.3 is 9.72 Å². The average Bonchev–Trinajstić information content (AvgIpc) is 3.03. The zero-order valence-electron chi connectivity index (χ0n) is 14.2. The standard InChI is InChI=1S/C18H21N3O3S/c1-3-10-19-25(22,23)15-8-5-7-14(11-15)24-12-17-20-16-9-4-6-13(2)18(16)21-17/h4-9,11,19H,3,10,12H2,1-2H3,(H,20,21). The highest BCUT2D eigenvalue weighted by Crippen LogP contribution is 2.20. The van der Waals surface area contributed by atoms with Crippen molar-refractivity contribution < 1.29 is 13.2 Å². The van der Waals surface area contributed by atoms with E-state index in [1.807, 2.05) is 32.0 Å². The Bertz CT molecular complexity index is 980. The monoisotopic (exact) mass is 359 g/mol. The molecule has 0 spiro atoms. The van der Waals surface area contributed by atoms with Crippen LogP contribution in [-0.2, 0) is 16.6 Å². The summed E-state index contributed by atoms with van der Waals surface area (Å²) in [5.41, 5.74) is 2.97. The van der Waals surface area contributed by atoms with Crippen molar-refractivity contribution in [2.75, 3.05) is 6.54 Å². The molecule has 0 atom stereocenters. The normalized spacial score (nSPS) is 11.8. The number of rotatable bonds is 7. The third kappa shape index (κ3) is 4.00. The average molecular weight is 359 g/mol. The summed E-state index contributed by atoms with van der Waals surface area (Å²) >= 11 is 0. The number of aryl methyl sites for hydroxylation is 1. The van der Waals surface area contributed by atoms with Gasteiger partial charge in [0.15, 0.2) is 0 Å². The predicted octanol–water partition coefficient (Wildman–Crippen LogP) is 3.14. The number of ether oxygens (including phenoxy) is 1. The molecule has 0 fully saturated rings. The van der Waals surface area contributed by atoms with Crippen molar-refractivity contribution in [1.29, 1.82) is 0 Å². The predicted molar refractivity (Wildman–Crippen MR) is 97.1 cm³/mol. The first kappa shape index (κ1) is 17.4. The summed E-state index contributed by atoms with van der Waals surface area (Å²) in [5.74, 6) is 1.18. The van der Waals surface area contributed by atoms with Crippen LogP contribution in [0.3, 0.4) is 0 Å². The number of nitrogens with one attached hydrogen (secondary N) is 2. The SMILES string of the molecule is CCCNS(=O)(=O)c1cccc(OCc2nc3c(C)cccc3[nH]2)c1. The van der Waals surface area contributed by atoms with E-state index < -0.39 is 10.0 Å². The van der Waals surface area contributed by atoms with Crippen LogP contribution in [0, 0.1) is 6.92 Å². The van der Waals surface area contributed by atoms with E-state index in [1.165, 1.54) is 6.07 Å². The molecule has 0 saturated carbocycles. The molecule has 3 aromatic rings. The lowest BCUT2D eigenvalue weighted by Gasteiger charge is -2.08. The summed E-state index contributed by atoms with van der Waals surface area (Å²) < 4.78 is 32.6. The van der Waals surface area contributed by atoms with Gasteiger partial charge in [-0.3, -0.25) is 0 Å². The Morgan fingerprint density at radius 1 is 1.20 bits per heavy atom. The van der Waals surface area contributed by atoms with Crippen LogP contribution in [-0.4, -0.2) is 24.9 Å². The summed E-state index contributed by atoms with van der Waals surface area (Å²) in [4.78, 5) is 7.93. The first-order valence-electron chi connectivity index (χ1n) is 8.16. The molecule has 7 heteroatoms. The Labute approximate surface area is 147 Å². The summed E-state index contributed by atoms with van der Waals surface area (Å²) in [6, 6.07) is 12.4. The largest absolute Gasteiger partial charge is 0.486 e. The number of imidazole rings is 1. The second-order valence-electron chi connectivity index (χ2n) is 5.82. The number of aromatic nitrogens is 2. The van der Waals surface area contributed by atoms with Crippen LogP contribution in [0.2, 0.25) is 0 Å². The third-order valence-corrected chi connectivity index (χ3v) is 5.26. The molecular weight excluding hydrogens is 338 g/mol. The van der Waals surface area contributed by atoms with Crippen LogP contribution in [0.5, 0.6) is 5.75 Å². The molecular formula is C18H21N3O3S. The fourth-order valence-electron chi connectivity index (χ4n) is 2.50. The van der Waals surface area contributed by atoms with Crippen LogP contribution < -0.4 is 9.46 Å². The first-order chi connectivity index (χ1) is 12.0. The smallest absolute Gasteiger partial charge is 0.240 e. The number of hydrogen-bond acceptors (Lipinski definition) is 4. The van der Waals surface area contributed by atoms with Crippen LogP contribution in [0.15, 0.2) is 47.4 Å². The van der Waals surface area contributed by atoms with E-state index in [0.717, 1.165) is 23.0 Å². The number of sulfonamides is 1. The maximum atomic E-state index is 12.2. The van der Waals surface area contributed by atoms with Gasteiger partial charge in [0.25, 0.3) is 0 Å². The third-order valence-electron chi connectivity index (χ3n) is 3.80. The molecule has 0 aliphatic heterocycles. The number of fused-ring (bicyclic) bond motifs is 1. The van der Waals surface area contributed by atoms with Gasteiger partial charge in [0, 0.05) is 12.6 Å². The molecule has 0 unspecified atom stereocenters. The number of benzene rings is 2. The molecule has 25 heavy (non-hydrogen) atoms. The van der Waals surface area contributed by atoms with Crippen molar-refractivity contribution in [1.82, 2.24) is 14.7 Å². The fourth-order valence-corrected chi connectivity index (χ4v) is 3.67. The van der Waals surface area contributed by atoms with Gasteiger partial charge in [0.2, 0.25) is 10.0 Å². The van der Waals surface area contributed by atoms with E-state index >= 15 is 0 Å². The second kappa shape index (κ2) is 7.25. The first-order valence-corrected chi connectivity index (χ1v) is 9.64. The quantitative estimate of drug-likeness (QED) is 0.679. The van der Waals surface area contributed by atoms with Crippen molar-refractivity contribution in [3.63, 3.8) is 0 Å². The molecule has 0 aliphatic carbocycles. The molecule has 1 aromatic heterocycles.